The molecule has 0 aliphatic carbocycles. The van der Waals surface area contributed by atoms with Crippen molar-refractivity contribution in [2.75, 3.05) is 0 Å². The normalized spacial score (nSPS) is 11.5. The van der Waals surface area contributed by atoms with Gasteiger partial charge in [-0.25, -0.2) is 0 Å². The van der Waals surface area contributed by atoms with E-state index in [9.17, 15) is 0 Å². The molecule has 0 aliphatic heterocycles. The fraction of sp³-hybridized carbons (Fsp3) is 0.167. The largest absolute Gasteiger partial charge is 0.363 e. The van der Waals surface area contributed by atoms with Crippen LogP contribution in [0.3, 0.4) is 0 Å². The zero-order valence-electron chi connectivity index (χ0n) is 9.00. The molecule has 2 heterocycles. The summed E-state index contributed by atoms with van der Waals surface area (Å²) >= 11 is 0. The Kier molecular flexibility index (Phi) is 2.64. The van der Waals surface area contributed by atoms with Crippen LogP contribution in [0.2, 0.25) is 12.6 Å². The molecule has 2 aromatic heterocycles. The highest BCUT2D eigenvalue weighted by Gasteiger charge is 2.29. The Morgan fingerprint density at radius 3 is 1.73 bits per heavy atom. The Balaban J connectivity index is 2.45. The first-order valence-electron chi connectivity index (χ1n) is 5.15. The summed E-state index contributed by atoms with van der Waals surface area (Å²) in [5, 5.41) is 0. The molecule has 0 aliphatic rings. The Bertz CT molecular complexity index is 380. The van der Waals surface area contributed by atoms with Gasteiger partial charge >= 0.3 is 0 Å². The van der Waals surface area contributed by atoms with Crippen molar-refractivity contribution in [1.29, 1.82) is 0 Å². The summed E-state index contributed by atoms with van der Waals surface area (Å²) in [5.41, 5.74) is 0. The zero-order valence-corrected chi connectivity index (χ0v) is 10.0. The molecule has 15 heavy (non-hydrogen) atoms. The maximum Gasteiger partial charge on any atom is 0.272 e. The van der Waals surface area contributed by atoms with Gasteiger partial charge in [-0.3, -0.25) is 0 Å². The summed E-state index contributed by atoms with van der Waals surface area (Å²) < 4.78 is 4.68. The molecule has 2 rings (SSSR count). The van der Waals surface area contributed by atoms with E-state index in [1.165, 1.54) is 0 Å². The number of aromatic nitrogens is 2. The molecular weight excluding hydrogens is 200 g/mol. The van der Waals surface area contributed by atoms with Crippen LogP contribution >= 0.6 is 0 Å². The highest BCUT2D eigenvalue weighted by atomic mass is 28.3. The van der Waals surface area contributed by atoms with Gasteiger partial charge in [0.1, 0.15) is 0 Å². The number of rotatable bonds is 4. The topological polar surface area (TPSA) is 9.86 Å². The average Bonchev–Trinajstić information content (AvgIpc) is 2.92. The lowest BCUT2D eigenvalue weighted by atomic mass is 10.7. The van der Waals surface area contributed by atoms with Gasteiger partial charge in [-0.2, -0.15) is 0 Å². The van der Waals surface area contributed by atoms with E-state index in [0.717, 1.165) is 6.04 Å². The van der Waals surface area contributed by atoms with Crippen molar-refractivity contribution in [3.63, 3.8) is 0 Å². The number of allylic oxidation sites excluding steroid dienone is 1. The molecule has 0 saturated carbocycles. The van der Waals surface area contributed by atoms with E-state index in [-0.39, 0.29) is 0 Å². The molecule has 2 aromatic rings. The summed E-state index contributed by atoms with van der Waals surface area (Å²) in [5.74, 6) is 0. The highest BCUT2D eigenvalue weighted by molar-refractivity contribution is 6.75. The van der Waals surface area contributed by atoms with Crippen molar-refractivity contribution in [1.82, 2.24) is 8.47 Å². The first-order chi connectivity index (χ1) is 7.27. The van der Waals surface area contributed by atoms with Crippen LogP contribution in [0.1, 0.15) is 0 Å². The molecule has 0 atom stereocenters. The van der Waals surface area contributed by atoms with Crippen LogP contribution < -0.4 is 0 Å². The summed E-state index contributed by atoms with van der Waals surface area (Å²) in [4.78, 5) is 0. The van der Waals surface area contributed by atoms with E-state index in [4.69, 9.17) is 0 Å². The van der Waals surface area contributed by atoms with E-state index in [0.29, 0.717) is 0 Å². The Hall–Kier alpha value is -1.48. The second-order valence-corrected chi connectivity index (χ2v) is 7.77. The Morgan fingerprint density at radius 2 is 1.40 bits per heavy atom. The van der Waals surface area contributed by atoms with Crippen LogP contribution in [0.5, 0.6) is 0 Å². The van der Waals surface area contributed by atoms with E-state index < -0.39 is 8.40 Å². The molecule has 0 spiro atoms. The van der Waals surface area contributed by atoms with Crippen LogP contribution in [0.15, 0.2) is 61.7 Å². The molecule has 3 heteroatoms. The third kappa shape index (κ3) is 1.70. The highest BCUT2D eigenvalue weighted by Crippen LogP contribution is 2.16. The van der Waals surface area contributed by atoms with Gasteiger partial charge in [-0.15, -0.1) is 6.58 Å². The van der Waals surface area contributed by atoms with Gasteiger partial charge in [-0.1, -0.05) is 6.08 Å². The van der Waals surface area contributed by atoms with Gasteiger partial charge in [-0.05, 0) is 61.6 Å². The third-order valence-electron chi connectivity index (χ3n) is 2.85. The van der Waals surface area contributed by atoms with Gasteiger partial charge < -0.3 is 8.47 Å². The summed E-state index contributed by atoms with van der Waals surface area (Å²) in [7, 11) is -1.68. The predicted octanol–water partition coefficient (Wildman–Crippen LogP) is 2.94. The number of nitrogens with zero attached hydrogens (tertiary/aromatic N) is 2. The Labute approximate surface area is 91.6 Å². The molecule has 0 fully saturated rings. The lowest BCUT2D eigenvalue weighted by Crippen LogP contribution is -2.46. The van der Waals surface area contributed by atoms with Gasteiger partial charge in [0.2, 0.25) is 0 Å². The minimum Gasteiger partial charge on any atom is -0.363 e. The maximum absolute atomic E-state index is 3.87. The molecule has 0 saturated heterocycles. The van der Waals surface area contributed by atoms with Gasteiger partial charge in [0.05, 0.1) is 0 Å². The molecule has 0 amide bonds. The van der Waals surface area contributed by atoms with Gasteiger partial charge in [0.25, 0.3) is 8.40 Å². The van der Waals surface area contributed by atoms with Crippen LogP contribution in [-0.4, -0.2) is 16.9 Å². The molecule has 78 valence electrons. The number of hydrogen-bond donors (Lipinski definition) is 0. The average molecular weight is 216 g/mol. The number of hydrogen-bond acceptors (Lipinski definition) is 0. The standard InChI is InChI=1S/C12H16N2Si/c1-3-12-15(2,13-8-4-5-9-13)14-10-6-7-11-14/h3-11H,1,12H2,2H3. The Morgan fingerprint density at radius 1 is 1.00 bits per heavy atom. The van der Waals surface area contributed by atoms with Crippen molar-refractivity contribution in [3.05, 3.63) is 61.7 Å². The van der Waals surface area contributed by atoms with Crippen LogP contribution in [0.25, 0.3) is 0 Å². The second kappa shape index (κ2) is 3.94. The summed E-state index contributed by atoms with van der Waals surface area (Å²) in [6.07, 6.45) is 10.6. The summed E-state index contributed by atoms with van der Waals surface area (Å²) in [6, 6.07) is 9.36. The van der Waals surface area contributed by atoms with Crippen molar-refractivity contribution in [2.24, 2.45) is 0 Å². The van der Waals surface area contributed by atoms with Crippen molar-refractivity contribution in [2.45, 2.75) is 12.6 Å². The lowest BCUT2D eigenvalue weighted by Gasteiger charge is -2.29. The van der Waals surface area contributed by atoms with E-state index in [1.54, 1.807) is 0 Å². The smallest absolute Gasteiger partial charge is 0.272 e. The fourth-order valence-electron chi connectivity index (χ4n) is 1.93. The maximum atomic E-state index is 3.87. The minimum atomic E-state index is -1.68. The molecular formula is C12H16N2Si. The molecule has 0 radical (unpaired) electrons. The van der Waals surface area contributed by atoms with Gasteiger partial charge in [0, 0.05) is 0 Å². The first kappa shape index (κ1) is 10.0. The van der Waals surface area contributed by atoms with Crippen molar-refractivity contribution < 1.29 is 0 Å². The molecule has 2 nitrogen and oxygen atoms in total. The van der Waals surface area contributed by atoms with E-state index in [1.807, 2.05) is 6.08 Å². The molecule has 0 unspecified atom stereocenters. The van der Waals surface area contributed by atoms with Crippen LogP contribution in [0, 0.1) is 0 Å². The summed E-state index contributed by atoms with van der Waals surface area (Å²) in [6.45, 7) is 6.22. The molecule has 0 aromatic carbocycles. The molecule has 0 bridgehead atoms. The monoisotopic (exact) mass is 216 g/mol. The van der Waals surface area contributed by atoms with Crippen molar-refractivity contribution in [3.8, 4) is 0 Å². The lowest BCUT2D eigenvalue weighted by molar-refractivity contribution is 0.993. The zero-order chi connectivity index (χ0) is 10.7. The van der Waals surface area contributed by atoms with Crippen LogP contribution in [0.4, 0.5) is 0 Å². The first-order valence-corrected chi connectivity index (χ1v) is 7.75. The predicted molar refractivity (Wildman–Crippen MR) is 66.3 cm³/mol. The van der Waals surface area contributed by atoms with E-state index >= 15 is 0 Å². The SMILES string of the molecule is C=CC[Si](C)(n1cccc1)n1cccc1. The molecule has 0 N–H and O–H groups in total. The van der Waals surface area contributed by atoms with E-state index in [2.05, 4.69) is 70.6 Å². The van der Waals surface area contributed by atoms with Crippen molar-refractivity contribution >= 4 is 8.40 Å². The quantitative estimate of drug-likeness (QED) is 0.549. The van der Waals surface area contributed by atoms with Gasteiger partial charge in [0.15, 0.2) is 0 Å². The second-order valence-electron chi connectivity index (χ2n) is 3.89. The van der Waals surface area contributed by atoms with Crippen LogP contribution in [-0.2, 0) is 0 Å². The minimum absolute atomic E-state index is 1.04. The third-order valence-corrected chi connectivity index (χ3v) is 6.74. The fourth-order valence-corrected chi connectivity index (χ4v) is 4.79.